The highest BCUT2D eigenvalue weighted by atomic mass is 16.2. The Morgan fingerprint density at radius 2 is 2.00 bits per heavy atom. The van der Waals surface area contributed by atoms with Crippen LogP contribution in [0.5, 0.6) is 0 Å². The lowest BCUT2D eigenvalue weighted by Gasteiger charge is -2.19. The highest BCUT2D eigenvalue weighted by Gasteiger charge is 2.16. The van der Waals surface area contributed by atoms with E-state index in [0.717, 1.165) is 0 Å². The summed E-state index contributed by atoms with van der Waals surface area (Å²) in [7, 11) is 4.89. The number of carbonyl (C=O) groups excluding carboxylic acids is 2. The normalized spacial score (nSPS) is 10.0. The average molecular weight is 250 g/mol. The first-order valence-electron chi connectivity index (χ1n) is 5.56. The molecule has 0 aliphatic rings. The Kier molecular flexibility index (Phi) is 4.79. The molecule has 1 aromatic heterocycles. The number of carbonyl (C=O) groups is 2. The molecule has 0 radical (unpaired) electrons. The Labute approximate surface area is 106 Å². The smallest absolute Gasteiger partial charge is 0.254 e. The number of hydrogen-bond donors (Lipinski definition) is 1. The Balaban J connectivity index is 2.77. The quantitative estimate of drug-likeness (QED) is 0.795. The van der Waals surface area contributed by atoms with E-state index in [2.05, 4.69) is 4.98 Å². The lowest BCUT2D eigenvalue weighted by Crippen LogP contribution is -2.37. The zero-order valence-electron chi connectivity index (χ0n) is 10.9. The third-order valence-corrected chi connectivity index (χ3v) is 2.49. The van der Waals surface area contributed by atoms with Crippen LogP contribution in [-0.2, 0) is 11.3 Å². The standard InChI is InChI=1S/C12H18N4O2/c1-15(2)11(17)8-16(3)12(18)9-4-5-14-10(6-9)7-13/h4-6H,7-8,13H2,1-3H3. The molecule has 0 atom stereocenters. The van der Waals surface area contributed by atoms with Gasteiger partial charge in [0.05, 0.1) is 12.2 Å². The molecule has 0 aliphatic heterocycles. The van der Waals surface area contributed by atoms with Gasteiger partial charge in [-0.3, -0.25) is 14.6 Å². The van der Waals surface area contributed by atoms with Gasteiger partial charge in [0.2, 0.25) is 5.91 Å². The number of rotatable bonds is 4. The molecule has 18 heavy (non-hydrogen) atoms. The van der Waals surface area contributed by atoms with Gasteiger partial charge in [0.15, 0.2) is 0 Å². The van der Waals surface area contributed by atoms with Crippen molar-refractivity contribution >= 4 is 11.8 Å². The van der Waals surface area contributed by atoms with Crippen LogP contribution in [0.1, 0.15) is 16.1 Å². The summed E-state index contributed by atoms with van der Waals surface area (Å²) in [4.78, 5) is 30.4. The topological polar surface area (TPSA) is 79.5 Å². The van der Waals surface area contributed by atoms with Crippen molar-refractivity contribution in [2.45, 2.75) is 6.54 Å². The van der Waals surface area contributed by atoms with Crippen molar-refractivity contribution in [3.05, 3.63) is 29.6 Å². The van der Waals surface area contributed by atoms with Crippen LogP contribution in [0.15, 0.2) is 18.3 Å². The molecule has 0 bridgehead atoms. The predicted molar refractivity (Wildman–Crippen MR) is 67.8 cm³/mol. The van der Waals surface area contributed by atoms with Crippen LogP contribution in [0, 0.1) is 0 Å². The minimum atomic E-state index is -0.220. The highest BCUT2D eigenvalue weighted by molar-refractivity contribution is 5.96. The molecule has 1 rings (SSSR count). The fraction of sp³-hybridized carbons (Fsp3) is 0.417. The van der Waals surface area contributed by atoms with Gasteiger partial charge in [-0.25, -0.2) is 0 Å². The molecule has 6 nitrogen and oxygen atoms in total. The maximum atomic E-state index is 12.1. The number of amides is 2. The molecular formula is C12H18N4O2. The van der Waals surface area contributed by atoms with Crippen molar-refractivity contribution in [1.29, 1.82) is 0 Å². The Bertz CT molecular complexity index is 445. The first-order chi connectivity index (χ1) is 8.45. The number of hydrogen-bond acceptors (Lipinski definition) is 4. The van der Waals surface area contributed by atoms with Crippen molar-refractivity contribution in [2.75, 3.05) is 27.7 Å². The van der Waals surface area contributed by atoms with E-state index >= 15 is 0 Å². The fourth-order valence-electron chi connectivity index (χ4n) is 1.36. The van der Waals surface area contributed by atoms with Gasteiger partial charge >= 0.3 is 0 Å². The number of nitrogens with two attached hydrogens (primary N) is 1. The monoisotopic (exact) mass is 250 g/mol. The van der Waals surface area contributed by atoms with Gasteiger partial charge in [0, 0.05) is 39.4 Å². The van der Waals surface area contributed by atoms with Crippen LogP contribution in [0.4, 0.5) is 0 Å². The molecule has 0 spiro atoms. The summed E-state index contributed by atoms with van der Waals surface area (Å²) in [5.41, 5.74) is 6.60. The van der Waals surface area contributed by atoms with Gasteiger partial charge in [-0.2, -0.15) is 0 Å². The van der Waals surface area contributed by atoms with E-state index in [0.29, 0.717) is 11.3 Å². The first-order valence-corrected chi connectivity index (χ1v) is 5.56. The van der Waals surface area contributed by atoms with E-state index in [1.807, 2.05) is 0 Å². The lowest BCUT2D eigenvalue weighted by molar-refractivity contribution is -0.129. The molecule has 1 aromatic rings. The Morgan fingerprint density at radius 3 is 2.56 bits per heavy atom. The minimum absolute atomic E-state index is 0.0477. The molecule has 0 unspecified atom stereocenters. The Hall–Kier alpha value is -1.95. The van der Waals surface area contributed by atoms with E-state index in [4.69, 9.17) is 5.73 Å². The molecule has 0 saturated carbocycles. The summed E-state index contributed by atoms with van der Waals surface area (Å²) >= 11 is 0. The van der Waals surface area contributed by atoms with E-state index in [1.165, 1.54) is 16.0 Å². The van der Waals surface area contributed by atoms with E-state index in [9.17, 15) is 9.59 Å². The molecule has 2 amide bonds. The largest absolute Gasteiger partial charge is 0.347 e. The fourth-order valence-corrected chi connectivity index (χ4v) is 1.36. The molecule has 1 heterocycles. The summed E-state index contributed by atoms with van der Waals surface area (Å²) in [6, 6.07) is 3.25. The Morgan fingerprint density at radius 1 is 1.33 bits per heavy atom. The molecule has 0 aliphatic carbocycles. The second-order valence-electron chi connectivity index (χ2n) is 4.19. The van der Waals surface area contributed by atoms with Crippen molar-refractivity contribution < 1.29 is 9.59 Å². The van der Waals surface area contributed by atoms with Crippen LogP contribution in [0.25, 0.3) is 0 Å². The molecule has 0 aromatic carbocycles. The third-order valence-electron chi connectivity index (χ3n) is 2.49. The SMILES string of the molecule is CN(C)C(=O)CN(C)C(=O)c1ccnc(CN)c1. The summed E-state index contributed by atoms with van der Waals surface area (Å²) in [5.74, 6) is -0.346. The molecule has 0 fully saturated rings. The number of nitrogens with zero attached hydrogens (tertiary/aromatic N) is 3. The van der Waals surface area contributed by atoms with E-state index in [-0.39, 0.29) is 24.9 Å². The van der Waals surface area contributed by atoms with Crippen molar-refractivity contribution in [3.63, 3.8) is 0 Å². The minimum Gasteiger partial charge on any atom is -0.347 e. The summed E-state index contributed by atoms with van der Waals surface area (Å²) in [6.45, 7) is 0.327. The zero-order valence-corrected chi connectivity index (χ0v) is 10.9. The summed E-state index contributed by atoms with van der Waals surface area (Å²) in [5, 5.41) is 0. The summed E-state index contributed by atoms with van der Waals surface area (Å²) in [6.07, 6.45) is 1.54. The van der Waals surface area contributed by atoms with Gasteiger partial charge in [0.25, 0.3) is 5.91 Å². The molecule has 6 heteroatoms. The van der Waals surface area contributed by atoms with Gasteiger partial charge in [0.1, 0.15) is 0 Å². The van der Waals surface area contributed by atoms with E-state index in [1.54, 1.807) is 33.3 Å². The second-order valence-corrected chi connectivity index (χ2v) is 4.19. The first kappa shape index (κ1) is 14.1. The van der Waals surface area contributed by atoms with Crippen LogP contribution in [0.3, 0.4) is 0 Å². The third kappa shape index (κ3) is 3.53. The van der Waals surface area contributed by atoms with Gasteiger partial charge in [-0.1, -0.05) is 0 Å². The second kappa shape index (κ2) is 6.11. The lowest BCUT2D eigenvalue weighted by atomic mass is 10.2. The highest BCUT2D eigenvalue weighted by Crippen LogP contribution is 2.05. The van der Waals surface area contributed by atoms with Crippen LogP contribution < -0.4 is 5.73 Å². The zero-order chi connectivity index (χ0) is 13.7. The van der Waals surface area contributed by atoms with E-state index < -0.39 is 0 Å². The van der Waals surface area contributed by atoms with Crippen molar-refractivity contribution in [3.8, 4) is 0 Å². The van der Waals surface area contributed by atoms with Gasteiger partial charge in [-0.05, 0) is 12.1 Å². The predicted octanol–water partition coefficient (Wildman–Crippen LogP) is -0.299. The molecular weight excluding hydrogens is 232 g/mol. The summed E-state index contributed by atoms with van der Waals surface area (Å²) < 4.78 is 0. The average Bonchev–Trinajstić information content (AvgIpc) is 2.37. The van der Waals surface area contributed by atoms with Crippen LogP contribution in [0.2, 0.25) is 0 Å². The molecule has 2 N–H and O–H groups in total. The maximum absolute atomic E-state index is 12.1. The van der Waals surface area contributed by atoms with Gasteiger partial charge < -0.3 is 15.5 Å². The number of pyridine rings is 1. The maximum Gasteiger partial charge on any atom is 0.254 e. The number of likely N-dealkylation sites (N-methyl/N-ethyl adjacent to an activating group) is 2. The van der Waals surface area contributed by atoms with Crippen LogP contribution in [-0.4, -0.2) is 54.3 Å². The number of aromatic nitrogens is 1. The van der Waals surface area contributed by atoms with Crippen molar-refractivity contribution in [2.24, 2.45) is 5.73 Å². The molecule has 0 saturated heterocycles. The van der Waals surface area contributed by atoms with Crippen LogP contribution >= 0.6 is 0 Å². The van der Waals surface area contributed by atoms with Gasteiger partial charge in [-0.15, -0.1) is 0 Å². The molecule has 98 valence electrons. The van der Waals surface area contributed by atoms with Crippen molar-refractivity contribution in [1.82, 2.24) is 14.8 Å².